The van der Waals surface area contributed by atoms with E-state index in [1.165, 1.54) is 23.5 Å². The first-order valence-electron chi connectivity index (χ1n) is 11.2. The molecule has 1 fully saturated rings. The van der Waals surface area contributed by atoms with E-state index in [2.05, 4.69) is 32.5 Å². The van der Waals surface area contributed by atoms with Crippen molar-refractivity contribution in [3.63, 3.8) is 0 Å². The van der Waals surface area contributed by atoms with Gasteiger partial charge in [-0.2, -0.15) is 0 Å². The second-order valence-corrected chi connectivity index (χ2v) is 9.32. The van der Waals surface area contributed by atoms with Gasteiger partial charge in [0.25, 0.3) is 16.8 Å². The number of aromatic nitrogens is 3. The molecule has 1 unspecified atom stereocenters. The molecular formula is C24H28N6O4. The lowest BCUT2D eigenvalue weighted by molar-refractivity contribution is 0.0819. The first-order chi connectivity index (χ1) is 16.1. The second-order valence-electron chi connectivity index (χ2n) is 9.32. The van der Waals surface area contributed by atoms with Crippen LogP contribution < -0.4 is 21.5 Å². The molecule has 1 amide bonds. The van der Waals surface area contributed by atoms with Crippen LogP contribution in [0, 0.1) is 12.3 Å². The summed E-state index contributed by atoms with van der Waals surface area (Å²) >= 11 is 0. The number of nitrogens with one attached hydrogen (secondary N) is 2. The Bertz CT molecular complexity index is 1310. The van der Waals surface area contributed by atoms with Gasteiger partial charge >= 0.3 is 0 Å². The van der Waals surface area contributed by atoms with Crippen LogP contribution in [0.1, 0.15) is 60.4 Å². The van der Waals surface area contributed by atoms with E-state index < -0.39 is 22.5 Å². The Morgan fingerprint density at radius 3 is 2.47 bits per heavy atom. The third-order valence-corrected chi connectivity index (χ3v) is 6.64. The number of anilines is 3. The fourth-order valence-electron chi connectivity index (χ4n) is 4.61. The van der Waals surface area contributed by atoms with Crippen LogP contribution in [-0.2, 0) is 0 Å². The summed E-state index contributed by atoms with van der Waals surface area (Å²) in [4.78, 5) is 51.2. The summed E-state index contributed by atoms with van der Waals surface area (Å²) in [5.41, 5.74) is 0.288. The van der Waals surface area contributed by atoms with Crippen LogP contribution in [0.5, 0.6) is 5.75 Å². The van der Waals surface area contributed by atoms with E-state index in [-0.39, 0.29) is 34.2 Å². The minimum Gasteiger partial charge on any atom is -0.504 e. The van der Waals surface area contributed by atoms with Gasteiger partial charge in [-0.25, -0.2) is 15.0 Å². The van der Waals surface area contributed by atoms with Crippen molar-refractivity contribution in [2.45, 2.75) is 45.6 Å². The van der Waals surface area contributed by atoms with Gasteiger partial charge in [-0.05, 0) is 36.8 Å². The molecule has 1 aliphatic rings. The maximum Gasteiger partial charge on any atom is 0.275 e. The Kier molecular flexibility index (Phi) is 6.07. The van der Waals surface area contributed by atoms with Gasteiger partial charge in [0.2, 0.25) is 0 Å². The third kappa shape index (κ3) is 4.00. The van der Waals surface area contributed by atoms with E-state index in [0.717, 1.165) is 36.9 Å². The largest absolute Gasteiger partial charge is 0.504 e. The van der Waals surface area contributed by atoms with Crippen molar-refractivity contribution >= 4 is 23.0 Å². The Hall–Kier alpha value is -3.82. The molecule has 0 radical (unpaired) electrons. The van der Waals surface area contributed by atoms with Gasteiger partial charge in [-0.1, -0.05) is 19.8 Å². The summed E-state index contributed by atoms with van der Waals surface area (Å²) in [6.07, 6.45) is 8.61. The van der Waals surface area contributed by atoms with Crippen LogP contribution in [-0.4, -0.2) is 45.0 Å². The van der Waals surface area contributed by atoms with Gasteiger partial charge < -0.3 is 20.6 Å². The quantitative estimate of drug-likeness (QED) is 0.451. The molecule has 1 saturated carbocycles. The van der Waals surface area contributed by atoms with Gasteiger partial charge in [0.05, 0.1) is 17.4 Å². The lowest BCUT2D eigenvalue weighted by Gasteiger charge is -2.36. The number of carbonyl (C=O) groups excluding carboxylic acids is 1. The van der Waals surface area contributed by atoms with E-state index >= 15 is 0 Å². The van der Waals surface area contributed by atoms with Crippen molar-refractivity contribution in [2.24, 2.45) is 5.41 Å². The first-order valence-corrected chi connectivity index (χ1v) is 11.2. The highest BCUT2D eigenvalue weighted by Crippen LogP contribution is 2.49. The van der Waals surface area contributed by atoms with Crippen LogP contribution >= 0.6 is 0 Å². The number of aromatic hydroxyl groups is 1. The molecule has 1 aromatic carbocycles. The summed E-state index contributed by atoms with van der Waals surface area (Å²) in [7, 11) is 3.09. The molecule has 0 spiro atoms. The number of nitrogens with zero attached hydrogens (tertiary/aromatic N) is 4. The summed E-state index contributed by atoms with van der Waals surface area (Å²) in [6, 6.07) is 1.13. The van der Waals surface area contributed by atoms with Gasteiger partial charge in [-0.15, -0.1) is 0 Å². The average molecular weight is 465 g/mol. The monoisotopic (exact) mass is 464 g/mol. The molecule has 178 valence electrons. The van der Waals surface area contributed by atoms with Crippen molar-refractivity contribution in [2.75, 3.05) is 24.7 Å². The maximum absolute atomic E-state index is 12.6. The molecular weight excluding hydrogens is 436 g/mol. The predicted molar refractivity (Wildman–Crippen MR) is 128 cm³/mol. The molecule has 2 heterocycles. The van der Waals surface area contributed by atoms with E-state index in [4.69, 9.17) is 0 Å². The highest BCUT2D eigenvalue weighted by atomic mass is 16.3. The molecule has 3 aromatic rings. The number of hydrogen-bond donors (Lipinski definition) is 3. The van der Waals surface area contributed by atoms with Crippen molar-refractivity contribution in [1.29, 1.82) is 0 Å². The van der Waals surface area contributed by atoms with Gasteiger partial charge in [0.1, 0.15) is 17.7 Å². The van der Waals surface area contributed by atoms with E-state index in [0.29, 0.717) is 0 Å². The zero-order valence-electron chi connectivity index (χ0n) is 19.7. The van der Waals surface area contributed by atoms with E-state index in [9.17, 15) is 19.5 Å². The number of pyridine rings is 1. The summed E-state index contributed by atoms with van der Waals surface area (Å²) < 4.78 is 0. The van der Waals surface area contributed by atoms with E-state index in [1.807, 2.05) is 6.92 Å². The summed E-state index contributed by atoms with van der Waals surface area (Å²) in [5.74, 6) is -0.885. The molecule has 2 aromatic heterocycles. The van der Waals surface area contributed by atoms with Crippen LogP contribution in [0.15, 0.2) is 34.4 Å². The van der Waals surface area contributed by atoms with Crippen molar-refractivity contribution in [3.8, 4) is 5.75 Å². The lowest BCUT2D eigenvalue weighted by atomic mass is 9.77. The maximum atomic E-state index is 12.6. The number of rotatable bonds is 7. The zero-order chi connectivity index (χ0) is 24.6. The minimum absolute atomic E-state index is 0.0352. The average Bonchev–Trinajstić information content (AvgIpc) is 3.26. The Morgan fingerprint density at radius 2 is 1.82 bits per heavy atom. The molecule has 1 atom stereocenters. The van der Waals surface area contributed by atoms with Crippen LogP contribution in [0.2, 0.25) is 0 Å². The molecule has 0 saturated heterocycles. The Labute approximate surface area is 196 Å². The van der Waals surface area contributed by atoms with Crippen LogP contribution in [0.25, 0.3) is 0 Å². The standard InChI is InChI=1S/C24H28N6O4/c1-13-11-25-12-27-15(13)22(24(2)8-5-6-9-24)29-17-16(20(32)21(17)33)28-14-7-10-26-18(19(14)31)23(34)30(3)4/h7,10-12,22,29,31H,5-6,8-9H2,1-4H3,(H,26,28). The molecule has 3 N–H and O–H groups in total. The fourth-order valence-corrected chi connectivity index (χ4v) is 4.61. The summed E-state index contributed by atoms with van der Waals surface area (Å²) in [5, 5.41) is 16.7. The fraction of sp³-hybridized carbons (Fsp3) is 0.417. The predicted octanol–water partition coefficient (Wildman–Crippen LogP) is 2.66. The SMILES string of the molecule is Cc1cncnc1C(Nc1c(Nc2ccnc(C(=O)N(C)C)c2O)c(=O)c1=O)C1(C)CCCC1. The van der Waals surface area contributed by atoms with Gasteiger partial charge in [0, 0.05) is 26.5 Å². The normalized spacial score (nSPS) is 15.8. The zero-order valence-corrected chi connectivity index (χ0v) is 19.7. The highest BCUT2D eigenvalue weighted by molar-refractivity contribution is 5.97. The van der Waals surface area contributed by atoms with Gasteiger partial charge in [-0.3, -0.25) is 14.4 Å². The third-order valence-electron chi connectivity index (χ3n) is 6.64. The molecule has 34 heavy (non-hydrogen) atoms. The molecule has 0 aliphatic heterocycles. The van der Waals surface area contributed by atoms with Crippen LogP contribution in [0.4, 0.5) is 17.1 Å². The smallest absolute Gasteiger partial charge is 0.275 e. The van der Waals surface area contributed by atoms with Gasteiger partial charge in [0.15, 0.2) is 11.4 Å². The number of amides is 1. The van der Waals surface area contributed by atoms with E-state index in [1.54, 1.807) is 20.3 Å². The van der Waals surface area contributed by atoms with Crippen molar-refractivity contribution < 1.29 is 9.90 Å². The number of aryl methyl sites for hydroxylation is 1. The molecule has 1 aliphatic carbocycles. The molecule has 0 bridgehead atoms. The number of carbonyl (C=O) groups is 1. The highest BCUT2D eigenvalue weighted by Gasteiger charge is 2.41. The van der Waals surface area contributed by atoms with Crippen molar-refractivity contribution in [1.82, 2.24) is 19.9 Å². The minimum atomic E-state index is -0.700. The molecule has 10 heteroatoms. The summed E-state index contributed by atoms with van der Waals surface area (Å²) in [6.45, 7) is 4.08. The molecule has 4 rings (SSSR count). The lowest BCUT2D eigenvalue weighted by Crippen LogP contribution is -2.40. The Balaban J connectivity index is 1.70. The second kappa shape index (κ2) is 8.85. The number of hydrogen-bond acceptors (Lipinski definition) is 9. The molecule has 10 nitrogen and oxygen atoms in total. The van der Waals surface area contributed by atoms with Crippen LogP contribution in [0.3, 0.4) is 0 Å². The topological polar surface area (TPSA) is 137 Å². The van der Waals surface area contributed by atoms with Crippen molar-refractivity contribution in [3.05, 3.63) is 62.2 Å². The first kappa shape index (κ1) is 23.3. The Morgan fingerprint density at radius 1 is 1.15 bits per heavy atom.